The van der Waals surface area contributed by atoms with E-state index in [-0.39, 0.29) is 12.5 Å². The number of carbonyl (C=O) groups excluding carboxylic acids is 1. The van der Waals surface area contributed by atoms with Crippen LogP contribution >= 0.6 is 0 Å². The highest BCUT2D eigenvalue weighted by Crippen LogP contribution is 2.17. The number of nitrogens with one attached hydrogen (secondary N) is 2. The predicted octanol–water partition coefficient (Wildman–Crippen LogP) is 1.74. The maximum absolute atomic E-state index is 11.7. The summed E-state index contributed by atoms with van der Waals surface area (Å²) in [6, 6.07) is 0.854. The molecular weight excluding hydrogens is 252 g/mol. The van der Waals surface area contributed by atoms with E-state index in [1.165, 1.54) is 32.1 Å². The van der Waals surface area contributed by atoms with Crippen LogP contribution in [0.5, 0.6) is 0 Å². The summed E-state index contributed by atoms with van der Waals surface area (Å²) in [6.07, 6.45) is 7.33. The Morgan fingerprint density at radius 2 is 1.95 bits per heavy atom. The molecule has 0 aromatic heterocycles. The molecule has 1 saturated carbocycles. The number of aliphatic imine (C=N–C) groups is 1. The monoisotopic (exact) mass is 282 g/mol. The standard InChI is InChI=1S/C15H30N4O/c1-5-12(2)17-15(16-11-14(20)19(3)4)18-13-9-7-6-8-10-13/h12-13H,5-11H2,1-4H3,(H2,16,17,18). The van der Waals surface area contributed by atoms with E-state index in [9.17, 15) is 4.79 Å². The Morgan fingerprint density at radius 1 is 1.30 bits per heavy atom. The second-order valence-corrected chi connectivity index (χ2v) is 5.89. The van der Waals surface area contributed by atoms with E-state index in [0.29, 0.717) is 12.1 Å². The zero-order valence-electron chi connectivity index (χ0n) is 13.4. The van der Waals surface area contributed by atoms with Gasteiger partial charge >= 0.3 is 0 Å². The smallest absolute Gasteiger partial charge is 0.243 e. The first-order valence-corrected chi connectivity index (χ1v) is 7.80. The lowest BCUT2D eigenvalue weighted by Crippen LogP contribution is -2.47. The van der Waals surface area contributed by atoms with Gasteiger partial charge in [0.15, 0.2) is 5.96 Å². The van der Waals surface area contributed by atoms with Crippen LogP contribution in [-0.4, -0.2) is 49.5 Å². The van der Waals surface area contributed by atoms with E-state index in [1.54, 1.807) is 19.0 Å². The van der Waals surface area contributed by atoms with Crippen LogP contribution in [-0.2, 0) is 4.79 Å². The molecule has 0 aromatic carbocycles. The normalized spacial score (nSPS) is 18.5. The molecule has 5 nitrogen and oxygen atoms in total. The van der Waals surface area contributed by atoms with Gasteiger partial charge in [-0.25, -0.2) is 4.99 Å². The summed E-state index contributed by atoms with van der Waals surface area (Å²) in [5, 5.41) is 6.86. The fraction of sp³-hybridized carbons (Fsp3) is 0.867. The number of guanidine groups is 1. The molecule has 1 amide bonds. The Hall–Kier alpha value is -1.26. The second-order valence-electron chi connectivity index (χ2n) is 5.89. The van der Waals surface area contributed by atoms with E-state index in [2.05, 4.69) is 29.5 Å². The van der Waals surface area contributed by atoms with Crippen molar-refractivity contribution >= 4 is 11.9 Å². The van der Waals surface area contributed by atoms with Gasteiger partial charge in [0.1, 0.15) is 6.54 Å². The summed E-state index contributed by atoms with van der Waals surface area (Å²) in [4.78, 5) is 17.7. The van der Waals surface area contributed by atoms with Gasteiger partial charge in [0.2, 0.25) is 5.91 Å². The van der Waals surface area contributed by atoms with Crippen LogP contribution in [0, 0.1) is 0 Å². The highest BCUT2D eigenvalue weighted by molar-refractivity contribution is 5.85. The van der Waals surface area contributed by atoms with Gasteiger partial charge in [-0.05, 0) is 26.2 Å². The Morgan fingerprint density at radius 3 is 2.50 bits per heavy atom. The molecule has 0 bridgehead atoms. The molecule has 20 heavy (non-hydrogen) atoms. The quantitative estimate of drug-likeness (QED) is 0.596. The molecule has 0 aromatic rings. The van der Waals surface area contributed by atoms with Crippen molar-refractivity contribution in [3.8, 4) is 0 Å². The van der Waals surface area contributed by atoms with Crippen molar-refractivity contribution in [1.82, 2.24) is 15.5 Å². The Kier molecular flexibility index (Phi) is 7.41. The molecule has 0 aliphatic heterocycles. The molecule has 1 atom stereocenters. The largest absolute Gasteiger partial charge is 0.354 e. The van der Waals surface area contributed by atoms with Gasteiger partial charge in [-0.2, -0.15) is 0 Å². The first kappa shape index (κ1) is 16.8. The van der Waals surface area contributed by atoms with Crippen molar-refractivity contribution in [2.45, 2.75) is 64.5 Å². The summed E-state index contributed by atoms with van der Waals surface area (Å²) in [7, 11) is 3.52. The van der Waals surface area contributed by atoms with Crippen molar-refractivity contribution in [1.29, 1.82) is 0 Å². The number of carbonyl (C=O) groups is 1. The van der Waals surface area contributed by atoms with Crippen LogP contribution in [0.25, 0.3) is 0 Å². The number of nitrogens with zero attached hydrogens (tertiary/aromatic N) is 2. The first-order valence-electron chi connectivity index (χ1n) is 7.80. The van der Waals surface area contributed by atoms with Crippen LogP contribution in [0.1, 0.15) is 52.4 Å². The fourth-order valence-electron chi connectivity index (χ4n) is 2.20. The molecule has 5 heteroatoms. The lowest BCUT2D eigenvalue weighted by molar-refractivity contribution is -0.127. The lowest BCUT2D eigenvalue weighted by Gasteiger charge is -2.26. The summed E-state index contributed by atoms with van der Waals surface area (Å²) < 4.78 is 0. The van der Waals surface area contributed by atoms with Crippen molar-refractivity contribution in [2.75, 3.05) is 20.6 Å². The lowest BCUT2D eigenvalue weighted by atomic mass is 9.96. The van der Waals surface area contributed by atoms with E-state index >= 15 is 0 Å². The average molecular weight is 282 g/mol. The van der Waals surface area contributed by atoms with E-state index in [0.717, 1.165) is 12.4 Å². The minimum absolute atomic E-state index is 0.0268. The average Bonchev–Trinajstić information content (AvgIpc) is 2.45. The third-order valence-electron chi connectivity index (χ3n) is 3.81. The summed E-state index contributed by atoms with van der Waals surface area (Å²) in [5.41, 5.74) is 0. The van der Waals surface area contributed by atoms with E-state index in [1.807, 2.05) is 0 Å². The minimum atomic E-state index is 0.0268. The third kappa shape index (κ3) is 6.26. The molecule has 1 aliphatic carbocycles. The molecule has 116 valence electrons. The molecule has 1 unspecified atom stereocenters. The molecular formula is C15H30N4O. The predicted molar refractivity (Wildman–Crippen MR) is 83.9 cm³/mol. The maximum Gasteiger partial charge on any atom is 0.243 e. The molecule has 1 aliphatic rings. The van der Waals surface area contributed by atoms with Crippen molar-refractivity contribution < 1.29 is 4.79 Å². The van der Waals surface area contributed by atoms with Crippen molar-refractivity contribution in [2.24, 2.45) is 4.99 Å². The Labute approximate surface area is 123 Å². The van der Waals surface area contributed by atoms with Crippen LogP contribution in [0.4, 0.5) is 0 Å². The molecule has 2 N–H and O–H groups in total. The zero-order chi connectivity index (χ0) is 15.0. The number of likely N-dealkylation sites (N-methyl/N-ethyl adjacent to an activating group) is 1. The SMILES string of the molecule is CCC(C)NC(=NCC(=O)N(C)C)NC1CCCCC1. The molecule has 1 fully saturated rings. The third-order valence-corrected chi connectivity index (χ3v) is 3.81. The number of amides is 1. The van der Waals surface area contributed by atoms with Crippen LogP contribution in [0.2, 0.25) is 0 Å². The second kappa shape index (κ2) is 8.82. The minimum Gasteiger partial charge on any atom is -0.354 e. The molecule has 0 spiro atoms. The summed E-state index contributed by atoms with van der Waals surface area (Å²) in [6.45, 7) is 4.47. The van der Waals surface area contributed by atoms with Gasteiger partial charge in [-0.3, -0.25) is 4.79 Å². The van der Waals surface area contributed by atoms with Gasteiger partial charge in [-0.1, -0.05) is 26.2 Å². The van der Waals surface area contributed by atoms with Crippen LogP contribution in [0.15, 0.2) is 4.99 Å². The highest BCUT2D eigenvalue weighted by atomic mass is 16.2. The Bertz CT molecular complexity index is 322. The molecule has 1 rings (SSSR count). The fourth-order valence-corrected chi connectivity index (χ4v) is 2.20. The van der Waals surface area contributed by atoms with Gasteiger partial charge in [0.05, 0.1) is 0 Å². The van der Waals surface area contributed by atoms with E-state index < -0.39 is 0 Å². The molecule has 0 radical (unpaired) electrons. The maximum atomic E-state index is 11.7. The summed E-state index contributed by atoms with van der Waals surface area (Å²) in [5.74, 6) is 0.806. The Balaban J connectivity index is 2.58. The zero-order valence-corrected chi connectivity index (χ0v) is 13.4. The topological polar surface area (TPSA) is 56.7 Å². The van der Waals surface area contributed by atoms with Crippen LogP contribution in [0.3, 0.4) is 0 Å². The van der Waals surface area contributed by atoms with E-state index in [4.69, 9.17) is 0 Å². The molecule has 0 saturated heterocycles. The highest BCUT2D eigenvalue weighted by Gasteiger charge is 2.15. The van der Waals surface area contributed by atoms with Crippen LogP contribution < -0.4 is 10.6 Å². The summed E-state index contributed by atoms with van der Waals surface area (Å²) >= 11 is 0. The first-order chi connectivity index (χ1) is 9.52. The van der Waals surface area contributed by atoms with Gasteiger partial charge in [0, 0.05) is 26.2 Å². The molecule has 0 heterocycles. The van der Waals surface area contributed by atoms with Gasteiger partial charge in [0.25, 0.3) is 0 Å². The number of rotatable bonds is 5. The number of hydrogen-bond acceptors (Lipinski definition) is 2. The van der Waals surface area contributed by atoms with Crippen molar-refractivity contribution in [3.05, 3.63) is 0 Å². The van der Waals surface area contributed by atoms with Crippen molar-refractivity contribution in [3.63, 3.8) is 0 Å². The van der Waals surface area contributed by atoms with Gasteiger partial charge < -0.3 is 15.5 Å². The number of hydrogen-bond donors (Lipinski definition) is 2. The van der Waals surface area contributed by atoms with Gasteiger partial charge in [-0.15, -0.1) is 0 Å².